The first kappa shape index (κ1) is 12.7. The molecule has 0 saturated heterocycles. The van der Waals surface area contributed by atoms with Gasteiger partial charge in [0.1, 0.15) is 4.90 Å². The fourth-order valence-corrected chi connectivity index (χ4v) is 2.50. The third-order valence-electron chi connectivity index (χ3n) is 2.35. The summed E-state index contributed by atoms with van der Waals surface area (Å²) in [4.78, 5) is 8.26. The van der Waals surface area contributed by atoms with Gasteiger partial charge in [-0.15, -0.1) is 0 Å². The number of H-pyrrole nitrogens is 1. The van der Waals surface area contributed by atoms with Crippen molar-refractivity contribution in [3.8, 4) is 0 Å². The molecule has 0 atom stereocenters. The third-order valence-corrected chi connectivity index (χ3v) is 3.87. The lowest BCUT2D eigenvalue weighted by molar-refractivity contribution is 0.579. The van der Waals surface area contributed by atoms with Crippen molar-refractivity contribution in [1.29, 1.82) is 0 Å². The molecular formula is C10H13N5O2S. The minimum atomic E-state index is -3.57. The summed E-state index contributed by atoms with van der Waals surface area (Å²) in [5, 5.41) is 6.27. The van der Waals surface area contributed by atoms with Gasteiger partial charge in [0.05, 0.1) is 36.0 Å². The lowest BCUT2D eigenvalue weighted by Gasteiger charge is -2.05. The van der Waals surface area contributed by atoms with Gasteiger partial charge in [0.25, 0.3) is 0 Å². The van der Waals surface area contributed by atoms with Gasteiger partial charge in [-0.25, -0.2) is 13.1 Å². The molecule has 96 valence electrons. The van der Waals surface area contributed by atoms with Crippen LogP contribution in [-0.4, -0.2) is 28.6 Å². The topological polar surface area (TPSA) is 101 Å². The second kappa shape index (κ2) is 4.83. The fourth-order valence-electron chi connectivity index (χ4n) is 1.37. The van der Waals surface area contributed by atoms with Crippen molar-refractivity contribution in [2.24, 2.45) is 0 Å². The maximum Gasteiger partial charge on any atom is 0.244 e. The van der Waals surface area contributed by atoms with E-state index in [4.69, 9.17) is 0 Å². The van der Waals surface area contributed by atoms with E-state index in [1.165, 1.54) is 6.20 Å². The molecule has 0 amide bonds. The van der Waals surface area contributed by atoms with Gasteiger partial charge in [-0.3, -0.25) is 15.1 Å². The van der Waals surface area contributed by atoms with Crippen molar-refractivity contribution in [3.05, 3.63) is 35.7 Å². The Bertz CT molecular complexity index is 633. The highest BCUT2D eigenvalue weighted by Gasteiger charge is 2.18. The summed E-state index contributed by atoms with van der Waals surface area (Å²) in [6, 6.07) is 0. The number of rotatable bonds is 4. The predicted molar refractivity (Wildman–Crippen MR) is 64.1 cm³/mol. The van der Waals surface area contributed by atoms with E-state index in [2.05, 4.69) is 24.9 Å². The molecular weight excluding hydrogens is 254 g/mol. The van der Waals surface area contributed by atoms with Crippen LogP contribution >= 0.6 is 0 Å². The van der Waals surface area contributed by atoms with E-state index in [-0.39, 0.29) is 11.4 Å². The molecule has 2 heterocycles. The molecule has 7 nitrogen and oxygen atoms in total. The normalized spacial score (nSPS) is 11.7. The number of hydrogen-bond donors (Lipinski definition) is 2. The van der Waals surface area contributed by atoms with Gasteiger partial charge in [-0.2, -0.15) is 5.10 Å². The zero-order valence-corrected chi connectivity index (χ0v) is 10.8. The molecule has 0 spiro atoms. The van der Waals surface area contributed by atoms with Gasteiger partial charge >= 0.3 is 0 Å². The second-order valence-electron chi connectivity index (χ2n) is 3.83. The number of hydrogen-bond acceptors (Lipinski definition) is 5. The summed E-state index contributed by atoms with van der Waals surface area (Å²) in [6.45, 7) is 3.56. The van der Waals surface area contributed by atoms with Gasteiger partial charge in [-0.1, -0.05) is 0 Å². The number of nitrogens with zero attached hydrogens (tertiary/aromatic N) is 3. The Labute approximate surface area is 105 Å². The summed E-state index contributed by atoms with van der Waals surface area (Å²) in [5.41, 5.74) is 1.84. The average molecular weight is 267 g/mol. The van der Waals surface area contributed by atoms with E-state index in [1.807, 2.05) is 6.92 Å². The van der Waals surface area contributed by atoms with E-state index < -0.39 is 10.0 Å². The largest absolute Gasteiger partial charge is 0.281 e. The summed E-state index contributed by atoms with van der Waals surface area (Å²) in [5.74, 6) is 0. The lowest BCUT2D eigenvalue weighted by Crippen LogP contribution is -2.24. The monoisotopic (exact) mass is 267 g/mol. The summed E-state index contributed by atoms with van der Waals surface area (Å²) in [6.07, 6.45) is 4.41. The van der Waals surface area contributed by atoms with Gasteiger partial charge in [0.2, 0.25) is 10.0 Å². The van der Waals surface area contributed by atoms with E-state index >= 15 is 0 Å². The maximum absolute atomic E-state index is 11.9. The van der Waals surface area contributed by atoms with E-state index in [0.717, 1.165) is 5.69 Å². The van der Waals surface area contributed by atoms with Crippen LogP contribution in [0.4, 0.5) is 0 Å². The highest BCUT2D eigenvalue weighted by Crippen LogP contribution is 2.10. The Kier molecular flexibility index (Phi) is 3.39. The molecule has 8 heteroatoms. The minimum Gasteiger partial charge on any atom is -0.281 e. The van der Waals surface area contributed by atoms with Crippen LogP contribution in [0.25, 0.3) is 0 Å². The SMILES string of the molecule is Cc1cnc(CNS(=O)(=O)c2cn[nH]c2C)cn1. The molecule has 2 aromatic rings. The highest BCUT2D eigenvalue weighted by molar-refractivity contribution is 7.89. The first-order valence-electron chi connectivity index (χ1n) is 5.26. The van der Waals surface area contributed by atoms with Gasteiger partial charge in [0.15, 0.2) is 0 Å². The molecule has 0 aromatic carbocycles. The highest BCUT2D eigenvalue weighted by atomic mass is 32.2. The predicted octanol–water partition coefficient (Wildman–Crippen LogP) is 0.295. The first-order chi connectivity index (χ1) is 8.49. The second-order valence-corrected chi connectivity index (χ2v) is 5.57. The summed E-state index contributed by atoms with van der Waals surface area (Å²) in [7, 11) is -3.57. The fraction of sp³-hybridized carbons (Fsp3) is 0.300. The molecule has 0 radical (unpaired) electrons. The van der Waals surface area contributed by atoms with E-state index in [9.17, 15) is 8.42 Å². The Morgan fingerprint density at radius 3 is 2.56 bits per heavy atom. The number of nitrogens with one attached hydrogen (secondary N) is 2. The maximum atomic E-state index is 11.9. The standard InChI is InChI=1S/C10H13N5O2S/c1-7-3-12-9(4-11-7)5-14-18(16,17)10-6-13-15-8(10)2/h3-4,6,14H,5H2,1-2H3,(H,13,15). The number of sulfonamides is 1. The van der Waals surface area contributed by atoms with Gasteiger partial charge in [0, 0.05) is 6.20 Å². The van der Waals surface area contributed by atoms with E-state index in [1.54, 1.807) is 19.3 Å². The summed E-state index contributed by atoms with van der Waals surface area (Å²) >= 11 is 0. The van der Waals surface area contributed by atoms with E-state index in [0.29, 0.717) is 11.4 Å². The summed E-state index contributed by atoms with van der Waals surface area (Å²) < 4.78 is 26.3. The third kappa shape index (κ3) is 2.71. The molecule has 0 bridgehead atoms. The molecule has 0 aliphatic heterocycles. The Morgan fingerprint density at radius 2 is 2.00 bits per heavy atom. The zero-order chi connectivity index (χ0) is 13.2. The van der Waals surface area contributed by atoms with Crippen LogP contribution in [0.15, 0.2) is 23.5 Å². The van der Waals surface area contributed by atoms with Crippen molar-refractivity contribution < 1.29 is 8.42 Å². The van der Waals surface area contributed by atoms with Crippen molar-refractivity contribution in [2.45, 2.75) is 25.3 Å². The van der Waals surface area contributed by atoms with Crippen molar-refractivity contribution in [1.82, 2.24) is 24.9 Å². The molecule has 0 saturated carbocycles. The minimum absolute atomic E-state index is 0.0975. The molecule has 2 N–H and O–H groups in total. The van der Waals surface area contributed by atoms with Crippen molar-refractivity contribution in [3.63, 3.8) is 0 Å². The van der Waals surface area contributed by atoms with Crippen LogP contribution in [0, 0.1) is 13.8 Å². The number of aryl methyl sites for hydroxylation is 2. The van der Waals surface area contributed by atoms with Crippen molar-refractivity contribution >= 4 is 10.0 Å². The smallest absolute Gasteiger partial charge is 0.244 e. The molecule has 2 rings (SSSR count). The van der Waals surface area contributed by atoms with Crippen LogP contribution < -0.4 is 4.72 Å². The number of aromatic nitrogens is 4. The molecule has 18 heavy (non-hydrogen) atoms. The first-order valence-corrected chi connectivity index (χ1v) is 6.74. The average Bonchev–Trinajstić information content (AvgIpc) is 2.76. The number of aromatic amines is 1. The Hall–Kier alpha value is -1.80. The quantitative estimate of drug-likeness (QED) is 0.829. The Morgan fingerprint density at radius 1 is 1.22 bits per heavy atom. The Balaban J connectivity index is 2.11. The van der Waals surface area contributed by atoms with Gasteiger partial charge in [-0.05, 0) is 13.8 Å². The van der Waals surface area contributed by atoms with Crippen LogP contribution in [0.1, 0.15) is 17.1 Å². The zero-order valence-electron chi connectivity index (χ0n) is 10.0. The van der Waals surface area contributed by atoms with Crippen LogP contribution in [0.3, 0.4) is 0 Å². The van der Waals surface area contributed by atoms with Crippen LogP contribution in [0.5, 0.6) is 0 Å². The molecule has 0 fully saturated rings. The lowest BCUT2D eigenvalue weighted by atomic mass is 10.4. The van der Waals surface area contributed by atoms with Crippen LogP contribution in [0.2, 0.25) is 0 Å². The molecule has 2 aromatic heterocycles. The van der Waals surface area contributed by atoms with Gasteiger partial charge < -0.3 is 0 Å². The molecule has 0 aliphatic carbocycles. The van der Waals surface area contributed by atoms with Crippen molar-refractivity contribution in [2.75, 3.05) is 0 Å². The van der Waals surface area contributed by atoms with Crippen LogP contribution in [-0.2, 0) is 16.6 Å². The molecule has 0 aliphatic rings. The molecule has 0 unspecified atom stereocenters.